The molecule has 2 heterocycles. The van der Waals surface area contributed by atoms with Crippen LogP contribution in [0.25, 0.3) is 0 Å². The molecule has 19 nitrogen and oxygen atoms in total. The van der Waals surface area contributed by atoms with Crippen LogP contribution in [0.5, 0.6) is 0 Å². The summed E-state index contributed by atoms with van der Waals surface area (Å²) in [4.78, 5) is 61.9. The fourth-order valence-corrected chi connectivity index (χ4v) is 9.09. The highest BCUT2D eigenvalue weighted by Gasteiger charge is 2.46. The normalized spacial score (nSPS) is 20.2. The number of phosphoric ester groups is 2. The van der Waals surface area contributed by atoms with Crippen molar-refractivity contribution in [1.82, 2.24) is 9.55 Å². The molecule has 1 aromatic heterocycles. The van der Waals surface area contributed by atoms with Crippen molar-refractivity contribution in [3.05, 3.63) is 95.7 Å². The van der Waals surface area contributed by atoms with Gasteiger partial charge in [0.1, 0.15) is 30.7 Å². The Hall–Kier alpha value is -3.84. The van der Waals surface area contributed by atoms with Gasteiger partial charge >= 0.3 is 33.3 Å². The van der Waals surface area contributed by atoms with Crippen LogP contribution in [0.4, 0.5) is 5.82 Å². The second-order valence-electron chi connectivity index (χ2n) is 17.1. The highest BCUT2D eigenvalue weighted by molar-refractivity contribution is 7.61. The molecule has 402 valence electrons. The Kier molecular flexibility index (Phi) is 33.7. The van der Waals surface area contributed by atoms with Crippen LogP contribution >= 0.6 is 15.6 Å². The zero-order valence-electron chi connectivity index (χ0n) is 41.6. The van der Waals surface area contributed by atoms with Gasteiger partial charge in [-0.3, -0.25) is 23.2 Å². The Morgan fingerprint density at radius 3 is 2.00 bits per heavy atom. The second-order valence-corrected chi connectivity index (χ2v) is 20.2. The molecule has 0 radical (unpaired) electrons. The number of anilines is 1. The standard InChI is InChI=1S/C50H81N3O16P2/c1-3-5-7-9-11-13-15-17-18-20-22-24-26-28-30-34-45(55)64-38-42(67-46(56)35-31-33-41(54)32-29-27-25-23-21-19-16-14-12-10-8-6-4-2)39-65-70(60,61)69-71(62,63)66-40-43-47(57)48(58)49(68-43)53-37-36-44(51)52-50(53)59/h6,8,12-15,19,21,25,27,29,32,36-37,41-43,47-49,54,57-58H,3-5,7,9-11,16-18,20,22-24,26,28,30-31,33-35,38-40H2,1-2H3,(H,60,61)(H,62,63)(H2,51,52,59)/b8-6-,14-12-,15-13-,21-19-,27-25-,32-29+/t41?,42-,43-,47-,48-,49-/m1/s1. The van der Waals surface area contributed by atoms with Crippen molar-refractivity contribution in [1.29, 1.82) is 0 Å². The molecule has 1 fully saturated rings. The lowest BCUT2D eigenvalue weighted by Gasteiger charge is -2.21. The molecule has 0 aromatic carbocycles. The Labute approximate surface area is 419 Å². The molecule has 1 aliphatic heterocycles. The van der Waals surface area contributed by atoms with E-state index in [1.165, 1.54) is 31.7 Å². The van der Waals surface area contributed by atoms with E-state index in [0.29, 0.717) is 6.42 Å². The quantitative estimate of drug-likeness (QED) is 0.0117. The van der Waals surface area contributed by atoms with Crippen molar-refractivity contribution >= 4 is 33.4 Å². The molecule has 1 aliphatic rings. The van der Waals surface area contributed by atoms with Crippen LogP contribution < -0.4 is 11.4 Å². The predicted molar refractivity (Wildman–Crippen MR) is 271 cm³/mol. The molecule has 1 saturated heterocycles. The molecule has 3 unspecified atom stereocenters. The first-order chi connectivity index (χ1) is 34.1. The number of aliphatic hydroxyl groups excluding tert-OH is 3. The number of rotatable bonds is 40. The number of ether oxygens (including phenoxy) is 3. The zero-order chi connectivity index (χ0) is 52.2. The average Bonchev–Trinajstić information content (AvgIpc) is 3.60. The van der Waals surface area contributed by atoms with Gasteiger partial charge < -0.3 is 45.1 Å². The number of esters is 2. The number of hydrogen-bond acceptors (Lipinski definition) is 16. The van der Waals surface area contributed by atoms with Gasteiger partial charge in [0.15, 0.2) is 12.3 Å². The Morgan fingerprint density at radius 2 is 1.35 bits per heavy atom. The van der Waals surface area contributed by atoms with Gasteiger partial charge in [0.25, 0.3) is 0 Å². The molecule has 2 rings (SSSR count). The van der Waals surface area contributed by atoms with E-state index in [1.807, 2.05) is 18.2 Å². The molecule has 21 heteroatoms. The van der Waals surface area contributed by atoms with Crippen molar-refractivity contribution in [2.24, 2.45) is 0 Å². The molecule has 0 aliphatic carbocycles. The highest BCUT2D eigenvalue weighted by atomic mass is 31.3. The first kappa shape index (κ1) is 63.3. The third kappa shape index (κ3) is 30.7. The summed E-state index contributed by atoms with van der Waals surface area (Å²) < 4.78 is 56.6. The number of carbonyl (C=O) groups is 2. The smallest absolute Gasteiger partial charge is 0.462 e. The van der Waals surface area contributed by atoms with Crippen LogP contribution in [-0.4, -0.2) is 96.9 Å². The van der Waals surface area contributed by atoms with Crippen LogP contribution in [0, 0.1) is 0 Å². The van der Waals surface area contributed by atoms with E-state index in [1.54, 1.807) is 12.2 Å². The van der Waals surface area contributed by atoms with Gasteiger partial charge in [-0.25, -0.2) is 13.9 Å². The minimum Gasteiger partial charge on any atom is -0.462 e. The summed E-state index contributed by atoms with van der Waals surface area (Å²) in [7, 11) is -10.9. The van der Waals surface area contributed by atoms with Gasteiger partial charge in [-0.2, -0.15) is 9.29 Å². The zero-order valence-corrected chi connectivity index (χ0v) is 43.4. The summed E-state index contributed by atoms with van der Waals surface area (Å²) in [6, 6.07) is 1.23. The van der Waals surface area contributed by atoms with E-state index in [4.69, 9.17) is 29.0 Å². The molecule has 0 spiro atoms. The van der Waals surface area contributed by atoms with Gasteiger partial charge in [0.2, 0.25) is 0 Å². The number of nitrogens with zero attached hydrogens (tertiary/aromatic N) is 2. The van der Waals surface area contributed by atoms with E-state index >= 15 is 0 Å². The van der Waals surface area contributed by atoms with E-state index < -0.39 is 89.8 Å². The molecule has 8 atom stereocenters. The summed E-state index contributed by atoms with van der Waals surface area (Å²) >= 11 is 0. The van der Waals surface area contributed by atoms with E-state index in [2.05, 4.69) is 65.7 Å². The molecular weight excluding hydrogens is 961 g/mol. The summed E-state index contributed by atoms with van der Waals surface area (Å²) in [5.41, 5.74) is 4.57. The van der Waals surface area contributed by atoms with Crippen LogP contribution in [-0.2, 0) is 46.3 Å². The maximum Gasteiger partial charge on any atom is 0.481 e. The van der Waals surface area contributed by atoms with Crippen molar-refractivity contribution in [3.63, 3.8) is 0 Å². The van der Waals surface area contributed by atoms with Crippen molar-refractivity contribution < 1.29 is 71.4 Å². The second kappa shape index (κ2) is 37.8. The first-order valence-corrected chi connectivity index (χ1v) is 28.0. The lowest BCUT2D eigenvalue weighted by atomic mass is 10.1. The summed E-state index contributed by atoms with van der Waals surface area (Å²) in [6.07, 6.45) is 34.4. The Balaban J connectivity index is 1.87. The first-order valence-electron chi connectivity index (χ1n) is 25.1. The largest absolute Gasteiger partial charge is 0.481 e. The topological polar surface area (TPSA) is 286 Å². The lowest BCUT2D eigenvalue weighted by molar-refractivity contribution is -0.161. The fourth-order valence-electron chi connectivity index (χ4n) is 6.98. The van der Waals surface area contributed by atoms with E-state index in [0.717, 1.165) is 87.8 Å². The number of allylic oxidation sites excluding steroid dienone is 11. The molecule has 0 amide bonds. The highest BCUT2D eigenvalue weighted by Crippen LogP contribution is 2.60. The van der Waals surface area contributed by atoms with Crippen molar-refractivity contribution in [2.75, 3.05) is 25.6 Å². The Morgan fingerprint density at radius 1 is 0.761 bits per heavy atom. The molecule has 7 N–H and O–H groups in total. The number of phosphoric acid groups is 2. The number of aromatic nitrogens is 2. The number of unbranched alkanes of at least 4 members (excludes halogenated alkanes) is 11. The minimum atomic E-state index is -5.47. The number of carbonyl (C=O) groups excluding carboxylic acids is 2. The van der Waals surface area contributed by atoms with Gasteiger partial charge in [-0.05, 0) is 76.7 Å². The van der Waals surface area contributed by atoms with Crippen molar-refractivity contribution in [2.45, 2.75) is 185 Å². The number of nitrogen functional groups attached to an aromatic ring is 1. The summed E-state index contributed by atoms with van der Waals surface area (Å²) in [5, 5.41) is 31.3. The fraction of sp³-hybridized carbons (Fsp3) is 0.640. The SMILES string of the molecule is CC/C=C\C/C=C\C/C=C\C/C=C\C=C\C(O)CCCC(=O)O[C@H](COC(=O)CCCCCCCCC/C=C\CCCCCC)COP(=O)(O)OP(=O)(O)OC[C@H]1O[C@@H](n2ccc(N)nc2=O)[C@H](O)[C@@H]1O. The maximum atomic E-state index is 12.9. The third-order valence-electron chi connectivity index (χ3n) is 10.9. The predicted octanol–water partition coefficient (Wildman–Crippen LogP) is 9.08. The third-order valence-corrected chi connectivity index (χ3v) is 13.5. The van der Waals surface area contributed by atoms with E-state index in [9.17, 15) is 48.6 Å². The number of nitrogens with two attached hydrogens (primary N) is 1. The van der Waals surface area contributed by atoms with Crippen LogP contribution in [0.1, 0.15) is 155 Å². The van der Waals surface area contributed by atoms with Crippen LogP contribution in [0.3, 0.4) is 0 Å². The monoisotopic (exact) mass is 1040 g/mol. The van der Waals surface area contributed by atoms with Gasteiger partial charge in [-0.15, -0.1) is 0 Å². The maximum absolute atomic E-state index is 12.9. The molecule has 1 aromatic rings. The summed E-state index contributed by atoms with van der Waals surface area (Å²) in [5.74, 6) is -1.52. The lowest BCUT2D eigenvalue weighted by Crippen LogP contribution is -2.36. The molecule has 0 bridgehead atoms. The number of hydrogen-bond donors (Lipinski definition) is 6. The molecule has 0 saturated carbocycles. The Bertz CT molecular complexity index is 1990. The van der Waals surface area contributed by atoms with E-state index in [-0.39, 0.29) is 31.5 Å². The molecule has 71 heavy (non-hydrogen) atoms. The van der Waals surface area contributed by atoms with Crippen LogP contribution in [0.15, 0.2) is 90.0 Å². The van der Waals surface area contributed by atoms with Crippen LogP contribution in [0.2, 0.25) is 0 Å². The van der Waals surface area contributed by atoms with Gasteiger partial charge in [-0.1, -0.05) is 138 Å². The number of aliphatic hydroxyl groups is 3. The van der Waals surface area contributed by atoms with Gasteiger partial charge in [0.05, 0.1) is 19.3 Å². The summed E-state index contributed by atoms with van der Waals surface area (Å²) in [6.45, 7) is 1.82. The molecular formula is C50H81N3O16P2. The van der Waals surface area contributed by atoms with Gasteiger partial charge in [0, 0.05) is 19.0 Å². The average molecular weight is 1040 g/mol. The van der Waals surface area contributed by atoms with Crippen molar-refractivity contribution in [3.8, 4) is 0 Å². The minimum absolute atomic E-state index is 0.0777.